The first-order valence-corrected chi connectivity index (χ1v) is 10.1. The largest absolute Gasteiger partial charge is 0.346 e. The predicted molar refractivity (Wildman–Crippen MR) is 121 cm³/mol. The summed E-state index contributed by atoms with van der Waals surface area (Å²) in [6, 6.07) is 13.9. The molecule has 0 radical (unpaired) electrons. The molecule has 6 heteroatoms. The minimum Gasteiger partial charge on any atom is -0.346 e. The number of carbonyl (C=O) groups excluding carboxylic acids is 2. The van der Waals surface area contributed by atoms with Gasteiger partial charge in [-0.05, 0) is 47.7 Å². The van der Waals surface area contributed by atoms with E-state index in [1.807, 2.05) is 32.2 Å². The lowest BCUT2D eigenvalue weighted by Crippen LogP contribution is -2.26. The summed E-state index contributed by atoms with van der Waals surface area (Å²) in [5, 5.41) is 1.17. The molecule has 0 saturated carbocycles. The average Bonchev–Trinajstić information content (AvgIpc) is 3.07. The Bertz CT molecular complexity index is 1070. The number of likely N-dealkylation sites (N-methyl/N-ethyl adjacent to an activating group) is 1. The van der Waals surface area contributed by atoms with Crippen LogP contribution in [-0.2, 0) is 23.2 Å². The molecule has 6 nitrogen and oxygen atoms in total. The first-order chi connectivity index (χ1) is 14.4. The van der Waals surface area contributed by atoms with Gasteiger partial charge in [0.05, 0.1) is 6.54 Å². The summed E-state index contributed by atoms with van der Waals surface area (Å²) in [7, 11) is 5.53. The van der Waals surface area contributed by atoms with Gasteiger partial charge in [-0.25, -0.2) is 4.98 Å². The summed E-state index contributed by atoms with van der Waals surface area (Å²) in [4.78, 5) is 32.1. The van der Waals surface area contributed by atoms with Crippen molar-refractivity contribution in [3.05, 3.63) is 66.0 Å². The second-order valence-electron chi connectivity index (χ2n) is 7.43. The van der Waals surface area contributed by atoms with Gasteiger partial charge in [0.1, 0.15) is 5.82 Å². The van der Waals surface area contributed by atoms with E-state index < -0.39 is 0 Å². The number of hydrogen-bond acceptors (Lipinski definition) is 3. The molecule has 1 aromatic carbocycles. The van der Waals surface area contributed by atoms with Crippen LogP contribution in [0.25, 0.3) is 17.0 Å². The zero-order chi connectivity index (χ0) is 21.7. The maximum absolute atomic E-state index is 12.5. The highest BCUT2D eigenvalue weighted by Crippen LogP contribution is 2.19. The highest BCUT2D eigenvalue weighted by atomic mass is 16.2. The molecule has 0 aliphatic rings. The number of anilines is 1. The Balaban J connectivity index is 1.63. The second-order valence-corrected chi connectivity index (χ2v) is 7.43. The van der Waals surface area contributed by atoms with Gasteiger partial charge in [-0.1, -0.05) is 25.1 Å². The van der Waals surface area contributed by atoms with Crippen molar-refractivity contribution < 1.29 is 9.59 Å². The van der Waals surface area contributed by atoms with Gasteiger partial charge in [0.25, 0.3) is 0 Å². The van der Waals surface area contributed by atoms with Crippen molar-refractivity contribution in [2.75, 3.05) is 19.0 Å². The Hall–Kier alpha value is -3.41. The minimum absolute atomic E-state index is 0.0402. The fraction of sp³-hybridized carbons (Fsp3) is 0.292. The standard InChI is InChI=1S/C24H28N4O2/c1-5-8-24(30)28(4)22-13-11-18(16-25-22)12-14-23(29)26(2)17-20-15-19-9-6-7-10-21(19)27(20)3/h6-7,9-16H,5,8,17H2,1-4H3/b14-12+. The van der Waals surface area contributed by atoms with Crippen LogP contribution in [0.5, 0.6) is 0 Å². The highest BCUT2D eigenvalue weighted by molar-refractivity contribution is 5.93. The van der Waals surface area contributed by atoms with Crippen molar-refractivity contribution in [2.24, 2.45) is 7.05 Å². The summed E-state index contributed by atoms with van der Waals surface area (Å²) in [6.07, 6.45) is 6.25. The van der Waals surface area contributed by atoms with Crippen molar-refractivity contribution in [3.63, 3.8) is 0 Å². The normalized spacial score (nSPS) is 11.2. The van der Waals surface area contributed by atoms with Crippen LogP contribution in [0.1, 0.15) is 31.0 Å². The van der Waals surface area contributed by atoms with E-state index in [1.54, 1.807) is 48.3 Å². The van der Waals surface area contributed by atoms with Crippen LogP contribution in [0.2, 0.25) is 0 Å². The zero-order valence-electron chi connectivity index (χ0n) is 18.0. The van der Waals surface area contributed by atoms with Crippen LogP contribution in [0.3, 0.4) is 0 Å². The fourth-order valence-corrected chi connectivity index (χ4v) is 3.32. The van der Waals surface area contributed by atoms with Gasteiger partial charge in [0.2, 0.25) is 11.8 Å². The average molecular weight is 405 g/mol. The molecule has 0 fully saturated rings. The molecule has 2 heterocycles. The lowest BCUT2D eigenvalue weighted by Gasteiger charge is -2.16. The maximum atomic E-state index is 12.5. The van der Waals surface area contributed by atoms with Crippen LogP contribution in [0.15, 0.2) is 54.7 Å². The molecular weight excluding hydrogens is 376 g/mol. The molecule has 0 unspecified atom stereocenters. The Morgan fingerprint density at radius 1 is 1.13 bits per heavy atom. The number of fused-ring (bicyclic) bond motifs is 1. The molecule has 0 atom stereocenters. The zero-order valence-corrected chi connectivity index (χ0v) is 18.0. The van der Waals surface area contributed by atoms with E-state index in [9.17, 15) is 9.59 Å². The van der Waals surface area contributed by atoms with E-state index >= 15 is 0 Å². The van der Waals surface area contributed by atoms with Crippen molar-refractivity contribution >= 4 is 34.6 Å². The number of pyridine rings is 1. The SMILES string of the molecule is CCCC(=O)N(C)c1ccc(/C=C/C(=O)N(C)Cc2cc3ccccc3n2C)cn1. The molecule has 2 amide bonds. The second kappa shape index (κ2) is 9.39. The van der Waals surface area contributed by atoms with Gasteiger partial charge in [-0.3, -0.25) is 14.5 Å². The summed E-state index contributed by atoms with van der Waals surface area (Å²) in [5.74, 6) is 0.558. The van der Waals surface area contributed by atoms with Crippen molar-refractivity contribution in [1.82, 2.24) is 14.5 Å². The van der Waals surface area contributed by atoms with Crippen molar-refractivity contribution in [2.45, 2.75) is 26.3 Å². The first-order valence-electron chi connectivity index (χ1n) is 10.1. The van der Waals surface area contributed by atoms with Gasteiger partial charge in [-0.2, -0.15) is 0 Å². The number of rotatable bonds is 7. The number of aromatic nitrogens is 2. The Morgan fingerprint density at radius 2 is 1.90 bits per heavy atom. The van der Waals surface area contributed by atoms with Crippen LogP contribution in [0, 0.1) is 0 Å². The van der Waals surface area contributed by atoms with Gasteiger partial charge < -0.3 is 9.47 Å². The van der Waals surface area contributed by atoms with Crippen LogP contribution in [0.4, 0.5) is 5.82 Å². The Kier molecular flexibility index (Phi) is 6.67. The van der Waals surface area contributed by atoms with E-state index in [0.29, 0.717) is 18.8 Å². The third-order valence-corrected chi connectivity index (χ3v) is 5.20. The van der Waals surface area contributed by atoms with Crippen LogP contribution < -0.4 is 4.90 Å². The minimum atomic E-state index is -0.0837. The molecule has 0 spiro atoms. The smallest absolute Gasteiger partial charge is 0.246 e. The van der Waals surface area contributed by atoms with Gasteiger partial charge in [-0.15, -0.1) is 0 Å². The third-order valence-electron chi connectivity index (χ3n) is 5.20. The topological polar surface area (TPSA) is 58.4 Å². The van der Waals surface area contributed by atoms with Crippen molar-refractivity contribution in [3.8, 4) is 0 Å². The van der Waals surface area contributed by atoms with E-state index in [2.05, 4.69) is 27.8 Å². The quantitative estimate of drug-likeness (QED) is 0.559. The molecule has 0 N–H and O–H groups in total. The number of hydrogen-bond donors (Lipinski definition) is 0. The number of benzene rings is 1. The van der Waals surface area contributed by atoms with E-state index in [0.717, 1.165) is 23.2 Å². The molecule has 0 saturated heterocycles. The van der Waals surface area contributed by atoms with E-state index in [4.69, 9.17) is 0 Å². The number of aryl methyl sites for hydroxylation is 1. The van der Waals surface area contributed by atoms with Gasteiger partial charge in [0, 0.05) is 51.0 Å². The highest BCUT2D eigenvalue weighted by Gasteiger charge is 2.12. The summed E-state index contributed by atoms with van der Waals surface area (Å²) in [5.41, 5.74) is 3.03. The van der Waals surface area contributed by atoms with Crippen LogP contribution >= 0.6 is 0 Å². The molecule has 0 aliphatic carbocycles. The molecule has 3 aromatic rings. The van der Waals surface area contributed by atoms with Gasteiger partial charge in [0.15, 0.2) is 0 Å². The molecule has 0 bridgehead atoms. The summed E-state index contributed by atoms with van der Waals surface area (Å²) < 4.78 is 2.11. The Labute approximate surface area is 177 Å². The van der Waals surface area contributed by atoms with E-state index in [1.165, 1.54) is 5.39 Å². The molecule has 0 aliphatic heterocycles. The number of amides is 2. The summed E-state index contributed by atoms with van der Waals surface area (Å²) >= 11 is 0. The van der Waals surface area contributed by atoms with E-state index in [-0.39, 0.29) is 11.8 Å². The predicted octanol–water partition coefficient (Wildman–Crippen LogP) is 4.01. The monoisotopic (exact) mass is 404 g/mol. The maximum Gasteiger partial charge on any atom is 0.246 e. The fourth-order valence-electron chi connectivity index (χ4n) is 3.32. The first kappa shape index (κ1) is 21.3. The summed E-state index contributed by atoms with van der Waals surface area (Å²) in [6.45, 7) is 2.50. The molecule has 156 valence electrons. The molecule has 3 rings (SSSR count). The number of para-hydroxylation sites is 1. The number of nitrogens with zero attached hydrogens (tertiary/aromatic N) is 4. The van der Waals surface area contributed by atoms with Gasteiger partial charge >= 0.3 is 0 Å². The third kappa shape index (κ3) is 4.76. The molecular formula is C24H28N4O2. The van der Waals surface area contributed by atoms with Crippen LogP contribution in [-0.4, -0.2) is 40.4 Å². The lowest BCUT2D eigenvalue weighted by molar-refractivity contribution is -0.125. The Morgan fingerprint density at radius 3 is 2.57 bits per heavy atom. The lowest BCUT2D eigenvalue weighted by atomic mass is 10.2. The molecule has 30 heavy (non-hydrogen) atoms. The number of carbonyl (C=O) groups is 2. The van der Waals surface area contributed by atoms with Crippen molar-refractivity contribution in [1.29, 1.82) is 0 Å². The molecule has 2 aromatic heterocycles.